The predicted octanol–water partition coefficient (Wildman–Crippen LogP) is 1.73. The van der Waals surface area contributed by atoms with E-state index in [0.29, 0.717) is 13.1 Å². The van der Waals surface area contributed by atoms with E-state index in [9.17, 15) is 9.59 Å². The average molecular weight is 237 g/mol. The van der Waals surface area contributed by atoms with Crippen LogP contribution in [0.2, 0.25) is 0 Å². The Balaban J connectivity index is 2.65. The van der Waals surface area contributed by atoms with Gasteiger partial charge in [-0.05, 0) is 20.3 Å². The molecule has 0 radical (unpaired) electrons. The molecule has 1 unspecified atom stereocenters. The van der Waals surface area contributed by atoms with Crippen molar-refractivity contribution in [2.24, 2.45) is 11.3 Å². The van der Waals surface area contributed by atoms with Gasteiger partial charge in [0.2, 0.25) is 5.91 Å². The fourth-order valence-corrected chi connectivity index (χ4v) is 1.92. The van der Waals surface area contributed by atoms with Crippen LogP contribution < -0.4 is 0 Å². The van der Waals surface area contributed by atoms with Crippen LogP contribution in [0.1, 0.15) is 20.3 Å². The van der Waals surface area contributed by atoms with Crippen LogP contribution in [0.3, 0.4) is 0 Å². The first-order valence-corrected chi connectivity index (χ1v) is 5.65. The van der Waals surface area contributed by atoms with Crippen molar-refractivity contribution >= 4 is 11.9 Å². The van der Waals surface area contributed by atoms with Crippen molar-refractivity contribution < 1.29 is 14.3 Å². The number of likely N-dealkylation sites (tertiary alicyclic amines) is 1. The number of amides is 1. The Labute approximate surface area is 102 Å². The molecule has 0 spiro atoms. The van der Waals surface area contributed by atoms with Gasteiger partial charge in [0.25, 0.3) is 0 Å². The summed E-state index contributed by atoms with van der Waals surface area (Å²) >= 11 is 0. The smallest absolute Gasteiger partial charge is 0.318 e. The second-order valence-corrected chi connectivity index (χ2v) is 4.85. The summed E-state index contributed by atoms with van der Waals surface area (Å²) < 4.78 is 4.77. The molecule has 94 valence electrons. The lowest BCUT2D eigenvalue weighted by atomic mass is 9.93. The minimum Gasteiger partial charge on any atom is -0.435 e. The average Bonchev–Trinajstić information content (AvgIpc) is 2.60. The molecule has 0 saturated carbocycles. The second-order valence-electron chi connectivity index (χ2n) is 4.85. The molecule has 0 aromatic rings. The van der Waals surface area contributed by atoms with Gasteiger partial charge in [-0.25, -0.2) is 0 Å². The van der Waals surface area contributed by atoms with Gasteiger partial charge in [-0.1, -0.05) is 12.7 Å². The standard InChI is InChI=1S/C13H19NO3/c1-5-10-7-8-14(11(10)15)9-13(3,4)12(16)17-6-2/h5-6,10H,1-2,7-9H2,3-4H3. The molecule has 1 rings (SSSR count). The fraction of sp³-hybridized carbons (Fsp3) is 0.538. The zero-order chi connectivity index (χ0) is 13.1. The molecule has 1 heterocycles. The Morgan fingerprint density at radius 1 is 1.59 bits per heavy atom. The summed E-state index contributed by atoms with van der Waals surface area (Å²) in [6, 6.07) is 0. The van der Waals surface area contributed by atoms with Crippen molar-refractivity contribution in [3.05, 3.63) is 25.5 Å². The molecule has 4 nitrogen and oxygen atoms in total. The lowest BCUT2D eigenvalue weighted by molar-refractivity contribution is -0.149. The normalized spacial score (nSPS) is 20.2. The summed E-state index contributed by atoms with van der Waals surface area (Å²) in [5, 5.41) is 0. The number of ether oxygens (including phenoxy) is 1. The van der Waals surface area contributed by atoms with Gasteiger partial charge in [0.05, 0.1) is 17.6 Å². The highest BCUT2D eigenvalue weighted by Crippen LogP contribution is 2.25. The van der Waals surface area contributed by atoms with Crippen LogP contribution in [-0.2, 0) is 14.3 Å². The minimum absolute atomic E-state index is 0.0412. The highest BCUT2D eigenvalue weighted by Gasteiger charge is 2.37. The summed E-state index contributed by atoms with van der Waals surface area (Å²) in [5.41, 5.74) is -0.722. The predicted molar refractivity (Wildman–Crippen MR) is 65.0 cm³/mol. The second kappa shape index (κ2) is 5.17. The van der Waals surface area contributed by atoms with Crippen LogP contribution >= 0.6 is 0 Å². The molecule has 1 aliphatic rings. The third-order valence-corrected chi connectivity index (χ3v) is 2.95. The van der Waals surface area contributed by atoms with Gasteiger partial charge in [0.1, 0.15) is 0 Å². The van der Waals surface area contributed by atoms with Crippen LogP contribution in [0.15, 0.2) is 25.5 Å². The first kappa shape index (κ1) is 13.5. The molecule has 4 heteroatoms. The maximum absolute atomic E-state index is 11.9. The van der Waals surface area contributed by atoms with E-state index in [4.69, 9.17) is 4.74 Å². The van der Waals surface area contributed by atoms with E-state index >= 15 is 0 Å². The van der Waals surface area contributed by atoms with Crippen molar-refractivity contribution in [2.45, 2.75) is 20.3 Å². The monoisotopic (exact) mass is 237 g/mol. The van der Waals surface area contributed by atoms with Gasteiger partial charge >= 0.3 is 5.97 Å². The lowest BCUT2D eigenvalue weighted by Gasteiger charge is -2.27. The van der Waals surface area contributed by atoms with Crippen LogP contribution in [0.4, 0.5) is 0 Å². The Kier molecular flexibility index (Phi) is 4.10. The first-order chi connectivity index (χ1) is 7.92. The summed E-state index contributed by atoms with van der Waals surface area (Å²) in [4.78, 5) is 25.2. The number of hydrogen-bond donors (Lipinski definition) is 0. The van der Waals surface area contributed by atoms with Crippen LogP contribution in [0.5, 0.6) is 0 Å². The topological polar surface area (TPSA) is 46.6 Å². The molecule has 1 atom stereocenters. The summed E-state index contributed by atoms with van der Waals surface area (Å²) in [6.07, 6.45) is 3.55. The van der Waals surface area contributed by atoms with Crippen LogP contribution in [0, 0.1) is 11.3 Å². The lowest BCUT2D eigenvalue weighted by Crippen LogP contribution is -2.41. The molecule has 0 aromatic heterocycles. The van der Waals surface area contributed by atoms with Gasteiger partial charge in [0, 0.05) is 13.1 Å². The van der Waals surface area contributed by atoms with Crippen LogP contribution in [0.25, 0.3) is 0 Å². The number of esters is 1. The van der Waals surface area contributed by atoms with Crippen molar-refractivity contribution in [2.75, 3.05) is 13.1 Å². The van der Waals surface area contributed by atoms with Crippen molar-refractivity contribution in [1.82, 2.24) is 4.90 Å². The Morgan fingerprint density at radius 3 is 2.71 bits per heavy atom. The fourth-order valence-electron chi connectivity index (χ4n) is 1.92. The van der Waals surface area contributed by atoms with Gasteiger partial charge in [0.15, 0.2) is 0 Å². The van der Waals surface area contributed by atoms with E-state index < -0.39 is 5.41 Å². The van der Waals surface area contributed by atoms with Crippen molar-refractivity contribution in [3.8, 4) is 0 Å². The number of hydrogen-bond acceptors (Lipinski definition) is 3. The molecule has 0 bridgehead atoms. The maximum Gasteiger partial charge on any atom is 0.318 e. The quantitative estimate of drug-likeness (QED) is 0.415. The molecule has 1 aliphatic heterocycles. The largest absolute Gasteiger partial charge is 0.435 e. The minimum atomic E-state index is -0.722. The summed E-state index contributed by atoms with van der Waals surface area (Å²) in [6.45, 7) is 11.5. The summed E-state index contributed by atoms with van der Waals surface area (Å²) in [5.74, 6) is -0.442. The van der Waals surface area contributed by atoms with E-state index in [-0.39, 0.29) is 17.8 Å². The molecule has 17 heavy (non-hydrogen) atoms. The van der Waals surface area contributed by atoms with Crippen molar-refractivity contribution in [1.29, 1.82) is 0 Å². The maximum atomic E-state index is 11.9. The van der Waals surface area contributed by atoms with E-state index in [1.165, 1.54) is 0 Å². The first-order valence-electron chi connectivity index (χ1n) is 5.65. The summed E-state index contributed by atoms with van der Waals surface area (Å²) in [7, 11) is 0. The molecular weight excluding hydrogens is 218 g/mol. The van der Waals surface area contributed by atoms with Gasteiger partial charge in [-0.3, -0.25) is 9.59 Å². The Bertz CT molecular complexity index is 347. The Morgan fingerprint density at radius 2 is 2.24 bits per heavy atom. The molecule has 1 fully saturated rings. The zero-order valence-electron chi connectivity index (χ0n) is 10.4. The SMILES string of the molecule is C=COC(=O)C(C)(C)CN1CCC(C=C)C1=O. The highest BCUT2D eigenvalue weighted by atomic mass is 16.5. The highest BCUT2D eigenvalue weighted by molar-refractivity contribution is 5.84. The molecule has 0 N–H and O–H groups in total. The van der Waals surface area contributed by atoms with Gasteiger partial charge in [-0.15, -0.1) is 6.58 Å². The van der Waals surface area contributed by atoms with Crippen LogP contribution in [-0.4, -0.2) is 29.9 Å². The van der Waals surface area contributed by atoms with E-state index in [1.807, 2.05) is 0 Å². The van der Waals surface area contributed by atoms with Gasteiger partial charge < -0.3 is 9.64 Å². The van der Waals surface area contributed by atoms with E-state index in [1.54, 1.807) is 24.8 Å². The number of nitrogens with zero attached hydrogens (tertiary/aromatic N) is 1. The number of carbonyl (C=O) groups excluding carboxylic acids is 2. The molecule has 0 aromatic carbocycles. The third-order valence-electron chi connectivity index (χ3n) is 2.95. The van der Waals surface area contributed by atoms with E-state index in [0.717, 1.165) is 12.7 Å². The third kappa shape index (κ3) is 2.96. The molecule has 1 amide bonds. The van der Waals surface area contributed by atoms with Gasteiger partial charge in [-0.2, -0.15) is 0 Å². The molecule has 1 saturated heterocycles. The Hall–Kier alpha value is -1.58. The molecule has 0 aliphatic carbocycles. The van der Waals surface area contributed by atoms with E-state index in [2.05, 4.69) is 13.2 Å². The molecular formula is C13H19NO3. The van der Waals surface area contributed by atoms with Crippen molar-refractivity contribution in [3.63, 3.8) is 0 Å². The number of carbonyl (C=O) groups is 2. The zero-order valence-corrected chi connectivity index (χ0v) is 10.4. The number of rotatable bonds is 5.